The topological polar surface area (TPSA) is 51.4 Å². The minimum atomic E-state index is 0.398. The van der Waals surface area contributed by atoms with Crippen molar-refractivity contribution in [1.82, 2.24) is 4.98 Å². The summed E-state index contributed by atoms with van der Waals surface area (Å²) in [6, 6.07) is 2.33. The summed E-state index contributed by atoms with van der Waals surface area (Å²) in [7, 11) is 3.75. The average Bonchev–Trinajstić information content (AvgIpc) is 2.25. The third-order valence-corrected chi connectivity index (χ3v) is 2.61. The first-order valence-corrected chi connectivity index (χ1v) is 5.08. The highest BCUT2D eigenvalue weighted by atomic mass is 16.5. The molecule has 84 valence electrons. The Morgan fingerprint density at radius 3 is 2.93 bits per heavy atom. The predicted octanol–water partition coefficient (Wildman–Crippen LogP) is 1.52. The van der Waals surface area contributed by atoms with Crippen LogP contribution >= 0.6 is 0 Å². The second-order valence-corrected chi connectivity index (χ2v) is 3.68. The Hall–Kier alpha value is -1.29. The van der Waals surface area contributed by atoms with Gasteiger partial charge < -0.3 is 15.4 Å². The molecular formula is C11H19N3O. The number of nitrogens with two attached hydrogens (primary N) is 1. The van der Waals surface area contributed by atoms with E-state index in [9.17, 15) is 0 Å². The lowest BCUT2D eigenvalue weighted by Crippen LogP contribution is -2.30. The molecule has 4 heteroatoms. The highest BCUT2D eigenvalue weighted by molar-refractivity contribution is 5.65. The van der Waals surface area contributed by atoms with E-state index in [0.29, 0.717) is 11.7 Å². The Morgan fingerprint density at radius 1 is 1.60 bits per heavy atom. The Bertz CT molecular complexity index is 304. The maximum Gasteiger partial charge on any atom is 0.0738 e. The van der Waals surface area contributed by atoms with Crippen LogP contribution in [0.15, 0.2) is 18.5 Å². The predicted molar refractivity (Wildman–Crippen MR) is 63.0 cm³/mol. The van der Waals surface area contributed by atoms with Crippen LogP contribution in [0.1, 0.15) is 13.3 Å². The number of hydrogen-bond acceptors (Lipinski definition) is 4. The number of methoxy groups -OCH3 is 1. The van der Waals surface area contributed by atoms with Gasteiger partial charge in [-0.05, 0) is 19.4 Å². The van der Waals surface area contributed by atoms with Gasteiger partial charge in [0.05, 0.1) is 17.6 Å². The van der Waals surface area contributed by atoms with Gasteiger partial charge in [-0.1, -0.05) is 0 Å². The third kappa shape index (κ3) is 3.09. The SMILES string of the molecule is COCCC(C)N(C)c1ccncc1N. The molecule has 0 saturated carbocycles. The molecule has 0 aliphatic rings. The first-order chi connectivity index (χ1) is 7.16. The minimum absolute atomic E-state index is 0.398. The Kier molecular flexibility index (Phi) is 4.37. The van der Waals surface area contributed by atoms with E-state index in [4.69, 9.17) is 10.5 Å². The molecule has 1 rings (SSSR count). The van der Waals surface area contributed by atoms with Gasteiger partial charge in [0, 0.05) is 33.0 Å². The van der Waals surface area contributed by atoms with Crippen LogP contribution < -0.4 is 10.6 Å². The van der Waals surface area contributed by atoms with Crippen molar-refractivity contribution in [2.24, 2.45) is 0 Å². The highest BCUT2D eigenvalue weighted by Crippen LogP contribution is 2.22. The summed E-state index contributed by atoms with van der Waals surface area (Å²) in [4.78, 5) is 6.12. The summed E-state index contributed by atoms with van der Waals surface area (Å²) < 4.78 is 5.06. The van der Waals surface area contributed by atoms with Crippen LogP contribution in [0.4, 0.5) is 11.4 Å². The molecule has 0 radical (unpaired) electrons. The molecule has 1 unspecified atom stereocenters. The van der Waals surface area contributed by atoms with Gasteiger partial charge in [-0.2, -0.15) is 0 Å². The lowest BCUT2D eigenvalue weighted by Gasteiger charge is -2.27. The van der Waals surface area contributed by atoms with Crippen LogP contribution in [0.5, 0.6) is 0 Å². The molecular weight excluding hydrogens is 190 g/mol. The number of anilines is 2. The van der Waals surface area contributed by atoms with Gasteiger partial charge in [0.1, 0.15) is 0 Å². The molecule has 1 aromatic rings. The smallest absolute Gasteiger partial charge is 0.0738 e. The third-order valence-electron chi connectivity index (χ3n) is 2.61. The van der Waals surface area contributed by atoms with Crippen molar-refractivity contribution in [2.75, 3.05) is 31.4 Å². The van der Waals surface area contributed by atoms with Gasteiger partial charge in [-0.15, -0.1) is 0 Å². The van der Waals surface area contributed by atoms with Crippen molar-refractivity contribution in [1.29, 1.82) is 0 Å². The molecule has 0 fully saturated rings. The molecule has 0 spiro atoms. The maximum atomic E-state index is 5.85. The van der Waals surface area contributed by atoms with Gasteiger partial charge in [-0.3, -0.25) is 4.98 Å². The number of rotatable bonds is 5. The summed E-state index contributed by atoms with van der Waals surface area (Å²) in [5.74, 6) is 0. The molecule has 1 heterocycles. The summed E-state index contributed by atoms with van der Waals surface area (Å²) in [6.07, 6.45) is 4.41. The van der Waals surface area contributed by atoms with Crippen molar-refractivity contribution in [3.8, 4) is 0 Å². The Morgan fingerprint density at radius 2 is 2.33 bits per heavy atom. The van der Waals surface area contributed by atoms with Crippen molar-refractivity contribution in [3.05, 3.63) is 18.5 Å². The Labute approximate surface area is 91.1 Å². The molecule has 2 N–H and O–H groups in total. The second-order valence-electron chi connectivity index (χ2n) is 3.68. The molecule has 15 heavy (non-hydrogen) atoms. The lowest BCUT2D eigenvalue weighted by molar-refractivity contribution is 0.189. The van der Waals surface area contributed by atoms with Crippen LogP contribution in [0.25, 0.3) is 0 Å². The molecule has 1 atom stereocenters. The van der Waals surface area contributed by atoms with E-state index in [1.54, 1.807) is 19.5 Å². The molecule has 0 bridgehead atoms. The van der Waals surface area contributed by atoms with Gasteiger partial charge >= 0.3 is 0 Å². The van der Waals surface area contributed by atoms with Crippen molar-refractivity contribution >= 4 is 11.4 Å². The quantitative estimate of drug-likeness (QED) is 0.799. The van der Waals surface area contributed by atoms with E-state index in [1.165, 1.54) is 0 Å². The fourth-order valence-electron chi connectivity index (χ4n) is 1.44. The number of pyridine rings is 1. The molecule has 4 nitrogen and oxygen atoms in total. The van der Waals surface area contributed by atoms with E-state index < -0.39 is 0 Å². The molecule has 1 aromatic heterocycles. The van der Waals surface area contributed by atoms with Crippen molar-refractivity contribution in [3.63, 3.8) is 0 Å². The van der Waals surface area contributed by atoms with Gasteiger partial charge in [-0.25, -0.2) is 0 Å². The molecule has 0 aromatic carbocycles. The second kappa shape index (κ2) is 5.56. The zero-order valence-electron chi connectivity index (χ0n) is 9.60. The van der Waals surface area contributed by atoms with E-state index in [0.717, 1.165) is 18.7 Å². The van der Waals surface area contributed by atoms with Crippen molar-refractivity contribution < 1.29 is 4.74 Å². The monoisotopic (exact) mass is 209 g/mol. The Balaban J connectivity index is 2.67. The summed E-state index contributed by atoms with van der Waals surface area (Å²) in [6.45, 7) is 2.91. The average molecular weight is 209 g/mol. The van der Waals surface area contributed by atoms with Crippen LogP contribution in [-0.4, -0.2) is 31.8 Å². The first-order valence-electron chi connectivity index (χ1n) is 5.08. The van der Waals surface area contributed by atoms with Crippen LogP contribution in [0.3, 0.4) is 0 Å². The number of hydrogen-bond donors (Lipinski definition) is 1. The first kappa shape index (κ1) is 11.8. The zero-order valence-corrected chi connectivity index (χ0v) is 9.60. The minimum Gasteiger partial charge on any atom is -0.396 e. The summed E-state index contributed by atoms with van der Waals surface area (Å²) in [5, 5.41) is 0. The van der Waals surface area contributed by atoms with Gasteiger partial charge in [0.15, 0.2) is 0 Å². The van der Waals surface area contributed by atoms with E-state index in [2.05, 4.69) is 16.8 Å². The molecule has 0 aliphatic carbocycles. The van der Waals surface area contributed by atoms with E-state index in [1.807, 2.05) is 13.1 Å². The van der Waals surface area contributed by atoms with E-state index >= 15 is 0 Å². The zero-order chi connectivity index (χ0) is 11.3. The van der Waals surface area contributed by atoms with Crippen LogP contribution in [-0.2, 0) is 4.74 Å². The maximum absolute atomic E-state index is 5.85. The fraction of sp³-hybridized carbons (Fsp3) is 0.545. The van der Waals surface area contributed by atoms with E-state index in [-0.39, 0.29) is 0 Å². The van der Waals surface area contributed by atoms with Crippen LogP contribution in [0.2, 0.25) is 0 Å². The fourth-order valence-corrected chi connectivity index (χ4v) is 1.44. The van der Waals surface area contributed by atoms with Crippen molar-refractivity contribution in [2.45, 2.75) is 19.4 Å². The number of nitrogens with zero attached hydrogens (tertiary/aromatic N) is 2. The lowest BCUT2D eigenvalue weighted by atomic mass is 10.2. The molecule has 0 aliphatic heterocycles. The van der Waals surface area contributed by atoms with Gasteiger partial charge in [0.25, 0.3) is 0 Å². The van der Waals surface area contributed by atoms with Gasteiger partial charge in [0.2, 0.25) is 0 Å². The summed E-state index contributed by atoms with van der Waals surface area (Å²) >= 11 is 0. The number of aromatic nitrogens is 1. The van der Waals surface area contributed by atoms with Crippen LogP contribution in [0, 0.1) is 0 Å². The number of ether oxygens (including phenoxy) is 1. The number of nitrogen functional groups attached to an aromatic ring is 1. The summed E-state index contributed by atoms with van der Waals surface area (Å²) in [5.41, 5.74) is 7.59. The highest BCUT2D eigenvalue weighted by Gasteiger charge is 2.11. The normalized spacial score (nSPS) is 12.5. The standard InChI is InChI=1S/C11H19N3O/c1-9(5-7-15-3)14(2)11-4-6-13-8-10(11)12/h4,6,8-9H,5,7,12H2,1-3H3. The largest absolute Gasteiger partial charge is 0.396 e. The molecule has 0 amide bonds. The molecule has 0 saturated heterocycles.